The summed E-state index contributed by atoms with van der Waals surface area (Å²) in [5.74, 6) is 0. The van der Waals surface area contributed by atoms with Gasteiger partial charge in [-0.3, -0.25) is 13.9 Å². The molecule has 0 saturated heterocycles. The van der Waals surface area contributed by atoms with Crippen LogP contribution < -0.4 is 16.7 Å². The first-order valence-electron chi connectivity index (χ1n) is 10.6. The average Bonchev–Trinajstić information content (AvgIpc) is 2.95. The molecule has 0 bridgehead atoms. The number of nitrogens with zero attached hydrogens (tertiary/aromatic N) is 3. The molecule has 0 unspecified atom stereocenters. The molecule has 0 spiro atoms. The highest BCUT2D eigenvalue weighted by Crippen LogP contribution is 2.46. The van der Waals surface area contributed by atoms with Gasteiger partial charge in [-0.15, -0.1) is 11.3 Å². The normalized spacial score (nSPS) is 16.5. The van der Waals surface area contributed by atoms with E-state index in [1.807, 2.05) is 6.92 Å². The van der Waals surface area contributed by atoms with Gasteiger partial charge in [-0.05, 0) is 51.5 Å². The number of hydrogen-bond donors (Lipinski definition) is 1. The lowest BCUT2D eigenvalue weighted by atomic mass is 9.68. The van der Waals surface area contributed by atoms with E-state index in [1.165, 1.54) is 22.1 Å². The molecular formula is C22H32N4O5S. The van der Waals surface area contributed by atoms with Crippen molar-refractivity contribution in [3.8, 4) is 0 Å². The number of aromatic nitrogens is 2. The summed E-state index contributed by atoms with van der Waals surface area (Å²) in [5.41, 5.74) is 1.97. The van der Waals surface area contributed by atoms with E-state index in [9.17, 15) is 14.4 Å². The summed E-state index contributed by atoms with van der Waals surface area (Å²) < 4.78 is 13.4. The summed E-state index contributed by atoms with van der Waals surface area (Å²) in [5, 5.41) is 4.48. The molecule has 0 radical (unpaired) electrons. The summed E-state index contributed by atoms with van der Waals surface area (Å²) >= 11 is 1.29. The Morgan fingerprint density at radius 2 is 1.97 bits per heavy atom. The number of hydrogen-bond acceptors (Lipinski definition) is 7. The maximum atomic E-state index is 13.4. The van der Waals surface area contributed by atoms with Crippen molar-refractivity contribution < 1.29 is 14.3 Å². The van der Waals surface area contributed by atoms with Gasteiger partial charge in [0.2, 0.25) is 0 Å². The Bertz CT molecular complexity index is 1160. The van der Waals surface area contributed by atoms with Gasteiger partial charge in [0.1, 0.15) is 10.4 Å². The van der Waals surface area contributed by atoms with Crippen LogP contribution in [0.15, 0.2) is 14.7 Å². The minimum atomic E-state index is -0.667. The van der Waals surface area contributed by atoms with Crippen LogP contribution in [-0.4, -0.2) is 40.8 Å². The van der Waals surface area contributed by atoms with Gasteiger partial charge in [-0.25, -0.2) is 15.0 Å². The van der Waals surface area contributed by atoms with E-state index in [-0.39, 0.29) is 22.7 Å². The smallest absolute Gasteiger partial charge is 0.428 e. The van der Waals surface area contributed by atoms with Gasteiger partial charge in [-0.1, -0.05) is 13.8 Å². The fourth-order valence-corrected chi connectivity index (χ4v) is 5.24. The number of methoxy groups -OCH3 is 1. The topological polar surface area (TPSA) is 104 Å². The van der Waals surface area contributed by atoms with Crippen molar-refractivity contribution in [2.75, 3.05) is 13.7 Å². The number of rotatable bonds is 6. The first kappa shape index (κ1) is 24.2. The molecular weight excluding hydrogens is 432 g/mol. The van der Waals surface area contributed by atoms with Gasteiger partial charge in [-0.2, -0.15) is 5.10 Å². The zero-order valence-corrected chi connectivity index (χ0v) is 20.6. The third kappa shape index (κ3) is 4.96. The van der Waals surface area contributed by atoms with E-state index >= 15 is 0 Å². The van der Waals surface area contributed by atoms with E-state index < -0.39 is 11.7 Å². The fraction of sp³-hybridized carbons (Fsp3) is 0.636. The number of aryl methyl sites for hydroxylation is 1. The number of nitrogens with one attached hydrogen (secondary N) is 1. The van der Waals surface area contributed by atoms with Crippen molar-refractivity contribution in [1.82, 2.24) is 14.6 Å². The number of carbonyl (C=O) groups excluding carboxylic acids is 1. The molecule has 0 aromatic carbocycles. The van der Waals surface area contributed by atoms with Gasteiger partial charge in [0, 0.05) is 13.2 Å². The summed E-state index contributed by atoms with van der Waals surface area (Å²) in [6.07, 6.45) is 2.38. The van der Waals surface area contributed by atoms with Crippen LogP contribution in [0.4, 0.5) is 4.79 Å². The van der Waals surface area contributed by atoms with Crippen molar-refractivity contribution >= 4 is 33.9 Å². The first-order valence-corrected chi connectivity index (χ1v) is 11.5. The van der Waals surface area contributed by atoms with Crippen molar-refractivity contribution in [3.05, 3.63) is 31.3 Å². The molecule has 1 fully saturated rings. The van der Waals surface area contributed by atoms with Gasteiger partial charge in [0.25, 0.3) is 5.56 Å². The molecule has 0 aliphatic heterocycles. The third-order valence-corrected chi connectivity index (χ3v) is 6.73. The molecule has 2 aromatic heterocycles. The van der Waals surface area contributed by atoms with E-state index in [0.717, 1.165) is 18.4 Å². The van der Waals surface area contributed by atoms with Crippen LogP contribution in [-0.2, 0) is 16.0 Å². The summed E-state index contributed by atoms with van der Waals surface area (Å²) in [7, 11) is 1.58. The van der Waals surface area contributed by atoms with E-state index in [2.05, 4.69) is 24.4 Å². The number of ether oxygens (including phenoxy) is 2. The Morgan fingerprint density at radius 3 is 2.53 bits per heavy atom. The van der Waals surface area contributed by atoms with Crippen LogP contribution in [0.5, 0.6) is 0 Å². The maximum absolute atomic E-state index is 13.4. The van der Waals surface area contributed by atoms with E-state index in [4.69, 9.17) is 9.47 Å². The van der Waals surface area contributed by atoms with Crippen LogP contribution in [0.1, 0.15) is 63.9 Å². The predicted molar refractivity (Wildman–Crippen MR) is 126 cm³/mol. The number of thiophene rings is 1. The number of amides is 1. The van der Waals surface area contributed by atoms with Gasteiger partial charge in [0.15, 0.2) is 0 Å². The number of carbonyl (C=O) groups is 1. The maximum Gasteiger partial charge on any atom is 0.428 e. The highest BCUT2D eigenvalue weighted by Gasteiger charge is 2.39. The van der Waals surface area contributed by atoms with Crippen molar-refractivity contribution in [2.45, 2.75) is 72.6 Å². The highest BCUT2D eigenvalue weighted by molar-refractivity contribution is 7.20. The minimum absolute atomic E-state index is 0.103. The second kappa shape index (κ2) is 8.82. The van der Waals surface area contributed by atoms with Crippen LogP contribution >= 0.6 is 11.3 Å². The lowest BCUT2D eigenvalue weighted by Gasteiger charge is -2.43. The van der Waals surface area contributed by atoms with Gasteiger partial charge >= 0.3 is 11.8 Å². The second-order valence-corrected chi connectivity index (χ2v) is 11.0. The molecule has 1 aliphatic rings. The Hall–Kier alpha value is -2.46. The molecule has 1 saturated carbocycles. The van der Waals surface area contributed by atoms with Crippen molar-refractivity contribution in [2.24, 2.45) is 10.5 Å². The Kier molecular flexibility index (Phi) is 6.67. The zero-order chi connectivity index (χ0) is 23.8. The van der Waals surface area contributed by atoms with Crippen molar-refractivity contribution in [3.63, 3.8) is 0 Å². The second-order valence-electron chi connectivity index (χ2n) is 9.97. The summed E-state index contributed by atoms with van der Waals surface area (Å²) in [6, 6.07) is -0.103. The molecule has 1 aliphatic carbocycles. The molecule has 3 rings (SSSR count). The SMILES string of the molecule is COCCn1c(=O)n(C2CC(C)(C)C2)c(=O)c2c(C)c(C=NNC(=O)OC(C)(C)C)sc21. The molecule has 176 valence electrons. The molecule has 32 heavy (non-hydrogen) atoms. The fourth-order valence-electron chi connectivity index (χ4n) is 4.05. The Balaban J connectivity index is 2.03. The van der Waals surface area contributed by atoms with E-state index in [0.29, 0.717) is 28.2 Å². The quantitative estimate of drug-likeness (QED) is 0.521. The molecule has 10 heteroatoms. The van der Waals surface area contributed by atoms with Crippen LogP contribution in [0, 0.1) is 12.3 Å². The van der Waals surface area contributed by atoms with Gasteiger partial charge < -0.3 is 9.47 Å². The highest BCUT2D eigenvalue weighted by atomic mass is 32.1. The largest absolute Gasteiger partial charge is 0.443 e. The van der Waals surface area contributed by atoms with Crippen LogP contribution in [0.2, 0.25) is 0 Å². The average molecular weight is 465 g/mol. The lowest BCUT2D eigenvalue weighted by molar-refractivity contribution is 0.0529. The molecule has 2 heterocycles. The van der Waals surface area contributed by atoms with Crippen LogP contribution in [0.3, 0.4) is 0 Å². The zero-order valence-electron chi connectivity index (χ0n) is 19.8. The Morgan fingerprint density at radius 1 is 1.31 bits per heavy atom. The number of fused-ring (bicyclic) bond motifs is 1. The standard InChI is InChI=1S/C22H32N4O5S/c1-13-15(12-23-24-19(28)31-21(2,3)4)32-18-16(13)17(27)26(14-10-22(5,6)11-14)20(29)25(18)8-9-30-7/h12,14H,8-11H2,1-7H3,(H,24,28). The van der Waals surface area contributed by atoms with Crippen molar-refractivity contribution in [1.29, 1.82) is 0 Å². The summed E-state index contributed by atoms with van der Waals surface area (Å²) in [4.78, 5) is 39.8. The molecule has 2 aromatic rings. The molecule has 9 nitrogen and oxygen atoms in total. The molecule has 0 atom stereocenters. The monoisotopic (exact) mass is 464 g/mol. The first-order chi connectivity index (χ1) is 14.8. The predicted octanol–water partition coefficient (Wildman–Crippen LogP) is 3.40. The third-order valence-electron chi connectivity index (χ3n) is 5.48. The minimum Gasteiger partial charge on any atom is -0.443 e. The number of hydrazone groups is 1. The molecule has 1 amide bonds. The molecule has 1 N–H and O–H groups in total. The van der Waals surface area contributed by atoms with Gasteiger partial charge in [0.05, 0.1) is 29.6 Å². The lowest BCUT2D eigenvalue weighted by Crippen LogP contribution is -2.48. The van der Waals surface area contributed by atoms with E-state index in [1.54, 1.807) is 32.4 Å². The summed E-state index contributed by atoms with van der Waals surface area (Å²) in [6.45, 7) is 12.1. The Labute approximate surface area is 191 Å². The van der Waals surface area contributed by atoms with Crippen LogP contribution in [0.25, 0.3) is 10.2 Å².